The number of benzene rings is 1. The molecule has 76 valence electrons. The van der Waals surface area contributed by atoms with Crippen molar-refractivity contribution >= 4 is 0 Å². The number of phenolic OH excluding ortho intramolecular Hbond substituents is 1. The Morgan fingerprint density at radius 1 is 1.29 bits per heavy atom. The highest BCUT2D eigenvalue weighted by molar-refractivity contribution is 5.32. The fourth-order valence-corrected chi connectivity index (χ4v) is 1.86. The summed E-state index contributed by atoms with van der Waals surface area (Å²) in [4.78, 5) is 2.23. The summed E-state index contributed by atoms with van der Waals surface area (Å²) in [6.45, 7) is 2.76. The van der Waals surface area contributed by atoms with E-state index in [9.17, 15) is 9.50 Å². The predicted molar refractivity (Wildman–Crippen MR) is 52.6 cm³/mol. The Kier molecular flexibility index (Phi) is 2.68. The third-order valence-corrected chi connectivity index (χ3v) is 2.63. The van der Waals surface area contributed by atoms with E-state index in [1.165, 1.54) is 31.0 Å². The first-order chi connectivity index (χ1) is 6.75. The molecule has 1 aromatic carbocycles. The van der Waals surface area contributed by atoms with Gasteiger partial charge in [0.2, 0.25) is 0 Å². The highest BCUT2D eigenvalue weighted by Crippen LogP contribution is 2.21. The van der Waals surface area contributed by atoms with Crippen LogP contribution in [0.2, 0.25) is 0 Å². The summed E-state index contributed by atoms with van der Waals surface area (Å²) in [5.74, 6) is -0.0877. The van der Waals surface area contributed by atoms with Crippen molar-refractivity contribution in [3.63, 3.8) is 0 Å². The van der Waals surface area contributed by atoms with Crippen molar-refractivity contribution in [3.8, 4) is 5.75 Å². The summed E-state index contributed by atoms with van der Waals surface area (Å²) >= 11 is 0. The summed E-state index contributed by atoms with van der Waals surface area (Å²) in [7, 11) is 0. The van der Waals surface area contributed by atoms with Crippen LogP contribution in [0.5, 0.6) is 5.75 Å². The number of likely N-dealkylation sites (tertiary alicyclic amines) is 1. The van der Waals surface area contributed by atoms with Gasteiger partial charge in [-0.2, -0.15) is 0 Å². The Balaban J connectivity index is 2.10. The van der Waals surface area contributed by atoms with Gasteiger partial charge >= 0.3 is 0 Å². The number of hydrogen-bond acceptors (Lipinski definition) is 2. The molecule has 0 spiro atoms. The van der Waals surface area contributed by atoms with E-state index in [0.29, 0.717) is 12.1 Å². The minimum absolute atomic E-state index is 0.193. The van der Waals surface area contributed by atoms with Crippen molar-refractivity contribution < 1.29 is 9.50 Å². The quantitative estimate of drug-likeness (QED) is 0.781. The van der Waals surface area contributed by atoms with Gasteiger partial charge in [-0.1, -0.05) is 0 Å². The standard InChI is InChI=1S/C11H14FNO/c12-10-3-4-11(14)9(7-10)8-13-5-1-2-6-13/h3-4,7,14H,1-2,5-6,8H2. The SMILES string of the molecule is Oc1ccc(F)cc1CN1CCCC1. The number of phenols is 1. The van der Waals surface area contributed by atoms with Gasteiger partial charge in [0.15, 0.2) is 0 Å². The molecule has 1 aliphatic heterocycles. The van der Waals surface area contributed by atoms with Crippen LogP contribution in [0.3, 0.4) is 0 Å². The number of aromatic hydroxyl groups is 1. The van der Waals surface area contributed by atoms with Crippen LogP contribution in [0.4, 0.5) is 4.39 Å². The molecule has 0 radical (unpaired) electrons. The Morgan fingerprint density at radius 3 is 2.71 bits per heavy atom. The topological polar surface area (TPSA) is 23.5 Å². The van der Waals surface area contributed by atoms with Crippen LogP contribution in [0.1, 0.15) is 18.4 Å². The molecule has 1 aliphatic rings. The first-order valence-corrected chi connectivity index (χ1v) is 4.95. The third kappa shape index (κ3) is 2.04. The summed E-state index contributed by atoms with van der Waals surface area (Å²) in [5.41, 5.74) is 0.687. The number of hydrogen-bond donors (Lipinski definition) is 1. The van der Waals surface area contributed by atoms with Gasteiger partial charge in [-0.3, -0.25) is 4.90 Å². The zero-order chi connectivity index (χ0) is 9.97. The Hall–Kier alpha value is -1.09. The van der Waals surface area contributed by atoms with Gasteiger partial charge in [0.05, 0.1) is 0 Å². The van der Waals surface area contributed by atoms with Gasteiger partial charge in [-0.15, -0.1) is 0 Å². The van der Waals surface area contributed by atoms with Crippen LogP contribution in [0.25, 0.3) is 0 Å². The third-order valence-electron chi connectivity index (χ3n) is 2.63. The molecule has 14 heavy (non-hydrogen) atoms. The largest absolute Gasteiger partial charge is 0.508 e. The maximum Gasteiger partial charge on any atom is 0.123 e. The molecule has 0 bridgehead atoms. The normalized spacial score (nSPS) is 17.5. The minimum Gasteiger partial charge on any atom is -0.508 e. The number of halogens is 1. The van der Waals surface area contributed by atoms with Crippen LogP contribution >= 0.6 is 0 Å². The van der Waals surface area contributed by atoms with Gasteiger partial charge in [0, 0.05) is 12.1 Å². The molecule has 0 aromatic heterocycles. The van der Waals surface area contributed by atoms with Gasteiger partial charge in [-0.25, -0.2) is 4.39 Å². The zero-order valence-corrected chi connectivity index (χ0v) is 8.04. The fourth-order valence-electron chi connectivity index (χ4n) is 1.86. The average Bonchev–Trinajstić information content (AvgIpc) is 2.64. The van der Waals surface area contributed by atoms with Crippen molar-refractivity contribution in [2.75, 3.05) is 13.1 Å². The monoisotopic (exact) mass is 195 g/mol. The van der Waals surface area contributed by atoms with E-state index in [0.717, 1.165) is 13.1 Å². The molecule has 3 heteroatoms. The molecule has 1 N–H and O–H groups in total. The summed E-state index contributed by atoms with van der Waals surface area (Å²) < 4.78 is 12.9. The maximum absolute atomic E-state index is 12.9. The minimum atomic E-state index is -0.281. The van der Waals surface area contributed by atoms with Crippen LogP contribution in [-0.2, 0) is 6.54 Å². The lowest BCUT2D eigenvalue weighted by molar-refractivity contribution is 0.323. The van der Waals surface area contributed by atoms with Gasteiger partial charge in [0.1, 0.15) is 11.6 Å². The van der Waals surface area contributed by atoms with Crippen molar-refractivity contribution in [2.24, 2.45) is 0 Å². The summed E-state index contributed by atoms with van der Waals surface area (Å²) in [6.07, 6.45) is 2.41. The van der Waals surface area contributed by atoms with Crippen LogP contribution in [-0.4, -0.2) is 23.1 Å². The summed E-state index contributed by atoms with van der Waals surface area (Å²) in [6, 6.07) is 4.11. The Morgan fingerprint density at radius 2 is 2.00 bits per heavy atom. The summed E-state index contributed by atoms with van der Waals surface area (Å²) in [5, 5.41) is 9.50. The second-order valence-corrected chi connectivity index (χ2v) is 3.76. The van der Waals surface area contributed by atoms with Gasteiger partial charge in [0.25, 0.3) is 0 Å². The lowest BCUT2D eigenvalue weighted by Gasteiger charge is -2.15. The van der Waals surface area contributed by atoms with Gasteiger partial charge < -0.3 is 5.11 Å². The lowest BCUT2D eigenvalue weighted by atomic mass is 10.2. The fraction of sp³-hybridized carbons (Fsp3) is 0.455. The van der Waals surface area contributed by atoms with E-state index in [-0.39, 0.29) is 11.6 Å². The van der Waals surface area contributed by atoms with E-state index in [1.807, 2.05) is 0 Å². The first kappa shape index (κ1) is 9.46. The van der Waals surface area contributed by atoms with E-state index < -0.39 is 0 Å². The van der Waals surface area contributed by atoms with Gasteiger partial charge in [-0.05, 0) is 44.1 Å². The first-order valence-electron chi connectivity index (χ1n) is 4.95. The highest BCUT2D eigenvalue weighted by Gasteiger charge is 2.13. The molecular formula is C11H14FNO. The maximum atomic E-state index is 12.9. The molecule has 0 unspecified atom stereocenters. The van der Waals surface area contributed by atoms with Crippen molar-refractivity contribution in [1.82, 2.24) is 4.90 Å². The molecule has 1 saturated heterocycles. The molecule has 1 fully saturated rings. The van der Waals surface area contributed by atoms with Crippen molar-refractivity contribution in [1.29, 1.82) is 0 Å². The smallest absolute Gasteiger partial charge is 0.123 e. The number of nitrogens with zero attached hydrogens (tertiary/aromatic N) is 1. The number of rotatable bonds is 2. The van der Waals surface area contributed by atoms with Crippen LogP contribution < -0.4 is 0 Å². The zero-order valence-electron chi connectivity index (χ0n) is 8.04. The second kappa shape index (κ2) is 3.96. The molecule has 2 nitrogen and oxygen atoms in total. The molecule has 2 rings (SSSR count). The molecule has 1 aromatic rings. The van der Waals surface area contributed by atoms with E-state index >= 15 is 0 Å². The Bertz CT molecular complexity index is 321. The van der Waals surface area contributed by atoms with E-state index in [1.54, 1.807) is 0 Å². The predicted octanol–water partition coefficient (Wildman–Crippen LogP) is 2.13. The van der Waals surface area contributed by atoms with Crippen LogP contribution in [0.15, 0.2) is 18.2 Å². The van der Waals surface area contributed by atoms with Crippen LogP contribution in [0, 0.1) is 5.82 Å². The molecule has 0 saturated carbocycles. The highest BCUT2D eigenvalue weighted by atomic mass is 19.1. The molecular weight excluding hydrogens is 181 g/mol. The average molecular weight is 195 g/mol. The molecule has 0 aliphatic carbocycles. The molecule has 0 amide bonds. The van der Waals surface area contributed by atoms with Crippen molar-refractivity contribution in [2.45, 2.75) is 19.4 Å². The van der Waals surface area contributed by atoms with E-state index in [4.69, 9.17) is 0 Å². The van der Waals surface area contributed by atoms with E-state index in [2.05, 4.69) is 4.90 Å². The molecule has 0 atom stereocenters. The second-order valence-electron chi connectivity index (χ2n) is 3.76. The Labute approximate surface area is 83.0 Å². The van der Waals surface area contributed by atoms with Crippen molar-refractivity contribution in [3.05, 3.63) is 29.6 Å². The molecule has 1 heterocycles. The lowest BCUT2D eigenvalue weighted by Crippen LogP contribution is -2.18.